The Morgan fingerprint density at radius 2 is 1.00 bits per heavy atom. The molecule has 5 nitrogen and oxygen atoms in total. The molecule has 0 spiro atoms. The summed E-state index contributed by atoms with van der Waals surface area (Å²) in [7, 11) is 3.04. The van der Waals surface area contributed by atoms with Crippen molar-refractivity contribution < 1.29 is 14.3 Å². The maximum absolute atomic E-state index is 13.1. The molecule has 0 fully saturated rings. The summed E-state index contributed by atoms with van der Waals surface area (Å²) in [6, 6.07) is 28.8. The van der Waals surface area contributed by atoms with E-state index in [-0.39, 0.29) is 5.91 Å². The molecule has 0 aliphatic heterocycles. The molecule has 0 N–H and O–H groups in total. The number of ether oxygens (including phenoxy) is 1. The summed E-state index contributed by atoms with van der Waals surface area (Å²) in [6.45, 7) is 1.39. The molecule has 0 unspecified atom stereocenters. The van der Waals surface area contributed by atoms with Crippen LogP contribution in [-0.4, -0.2) is 36.1 Å². The average molecular weight is 388 g/mol. The number of rotatable bonds is 4. The summed E-state index contributed by atoms with van der Waals surface area (Å²) >= 11 is 0. The quantitative estimate of drug-likeness (QED) is 0.490. The van der Waals surface area contributed by atoms with Gasteiger partial charge < -0.3 is 4.74 Å². The highest BCUT2D eigenvalue weighted by Gasteiger charge is 2.41. The lowest BCUT2D eigenvalue weighted by molar-refractivity contribution is -0.140. The van der Waals surface area contributed by atoms with Crippen LogP contribution in [0.3, 0.4) is 0 Å². The van der Waals surface area contributed by atoms with Crippen LogP contribution in [0, 0.1) is 0 Å². The van der Waals surface area contributed by atoms with E-state index in [1.165, 1.54) is 31.0 Å². The number of hydrogen-bond acceptors (Lipinski definition) is 3. The average Bonchev–Trinajstić information content (AvgIpc) is 2.78. The van der Waals surface area contributed by atoms with Gasteiger partial charge in [-0.1, -0.05) is 91.0 Å². The van der Waals surface area contributed by atoms with Crippen LogP contribution in [-0.2, 0) is 15.1 Å². The molecule has 0 aromatic heterocycles. The molecule has 3 rings (SSSR count). The highest BCUT2D eigenvalue weighted by atomic mass is 16.6. The van der Waals surface area contributed by atoms with Crippen molar-refractivity contribution in [1.82, 2.24) is 10.0 Å². The predicted octanol–water partition coefficient (Wildman–Crippen LogP) is 4.44. The Labute approximate surface area is 171 Å². The summed E-state index contributed by atoms with van der Waals surface area (Å²) in [6.07, 6.45) is -0.640. The third kappa shape index (κ3) is 3.99. The van der Waals surface area contributed by atoms with E-state index in [0.29, 0.717) is 0 Å². The first-order valence-electron chi connectivity index (χ1n) is 9.34. The van der Waals surface area contributed by atoms with Crippen LogP contribution in [0.5, 0.6) is 0 Å². The molecule has 3 aromatic rings. The summed E-state index contributed by atoms with van der Waals surface area (Å²) < 4.78 is 6.22. The first kappa shape index (κ1) is 20.1. The molecule has 0 aliphatic rings. The maximum atomic E-state index is 13.1. The fourth-order valence-corrected chi connectivity index (χ4v) is 3.23. The van der Waals surface area contributed by atoms with E-state index in [1.807, 2.05) is 91.0 Å². The van der Waals surface area contributed by atoms with Gasteiger partial charge in [0, 0.05) is 37.7 Å². The summed E-state index contributed by atoms with van der Waals surface area (Å²) in [5.41, 5.74) is 1.26. The van der Waals surface area contributed by atoms with E-state index in [0.717, 1.165) is 16.7 Å². The Morgan fingerprint density at radius 1 is 0.655 bits per heavy atom. The third-order valence-electron chi connectivity index (χ3n) is 4.95. The van der Waals surface area contributed by atoms with Gasteiger partial charge in [0.05, 0.1) is 0 Å². The predicted molar refractivity (Wildman–Crippen MR) is 112 cm³/mol. The minimum absolute atomic E-state index is 0.269. The number of carbonyl (C=O) groups excluding carboxylic acids is 2. The van der Waals surface area contributed by atoms with Crippen LogP contribution in [0.1, 0.15) is 23.6 Å². The lowest BCUT2D eigenvalue weighted by Crippen LogP contribution is -2.47. The van der Waals surface area contributed by atoms with Crippen LogP contribution in [0.25, 0.3) is 0 Å². The van der Waals surface area contributed by atoms with E-state index in [4.69, 9.17) is 4.74 Å². The molecule has 5 heteroatoms. The SMILES string of the molecule is CC(=O)N(C)N(C)C(=O)OC(c1ccccc1)(c1ccccc1)c1ccccc1. The van der Waals surface area contributed by atoms with Crippen LogP contribution < -0.4 is 0 Å². The van der Waals surface area contributed by atoms with Gasteiger partial charge in [-0.2, -0.15) is 0 Å². The second kappa shape index (κ2) is 8.61. The molecule has 2 amide bonds. The Balaban J connectivity index is 2.20. The molecular weight excluding hydrogens is 364 g/mol. The Bertz CT molecular complexity index is 863. The number of benzene rings is 3. The van der Waals surface area contributed by atoms with E-state index in [2.05, 4.69) is 0 Å². The first-order valence-corrected chi connectivity index (χ1v) is 9.34. The van der Waals surface area contributed by atoms with E-state index < -0.39 is 11.7 Å². The van der Waals surface area contributed by atoms with Crippen LogP contribution in [0.15, 0.2) is 91.0 Å². The molecule has 0 bridgehead atoms. The highest BCUT2D eigenvalue weighted by molar-refractivity contribution is 5.77. The van der Waals surface area contributed by atoms with Crippen molar-refractivity contribution in [3.63, 3.8) is 0 Å². The lowest BCUT2D eigenvalue weighted by atomic mass is 9.80. The van der Waals surface area contributed by atoms with Gasteiger partial charge in [0.15, 0.2) is 5.60 Å². The molecule has 148 valence electrons. The smallest absolute Gasteiger partial charge is 0.427 e. The zero-order valence-corrected chi connectivity index (χ0v) is 16.8. The molecule has 0 saturated carbocycles. The fraction of sp³-hybridized carbons (Fsp3) is 0.167. The second-order valence-corrected chi connectivity index (χ2v) is 6.71. The van der Waals surface area contributed by atoms with E-state index in [1.54, 1.807) is 0 Å². The van der Waals surface area contributed by atoms with Gasteiger partial charge in [0.2, 0.25) is 5.91 Å². The van der Waals surface area contributed by atoms with Crippen LogP contribution in [0.4, 0.5) is 4.79 Å². The zero-order valence-electron chi connectivity index (χ0n) is 16.8. The van der Waals surface area contributed by atoms with Gasteiger partial charge in [0.25, 0.3) is 0 Å². The summed E-state index contributed by atoms with van der Waals surface area (Å²) in [5, 5.41) is 2.39. The third-order valence-corrected chi connectivity index (χ3v) is 4.95. The van der Waals surface area contributed by atoms with Gasteiger partial charge in [-0.3, -0.25) is 9.80 Å². The number of amides is 2. The van der Waals surface area contributed by atoms with Crippen molar-refractivity contribution in [2.75, 3.05) is 14.1 Å². The van der Waals surface area contributed by atoms with Gasteiger partial charge in [-0.15, -0.1) is 0 Å². The first-order chi connectivity index (χ1) is 14.0. The molecular formula is C24H24N2O3. The van der Waals surface area contributed by atoms with Crippen molar-refractivity contribution in [1.29, 1.82) is 0 Å². The Morgan fingerprint density at radius 3 is 1.31 bits per heavy atom. The monoisotopic (exact) mass is 388 g/mol. The van der Waals surface area contributed by atoms with Gasteiger partial charge in [-0.05, 0) is 0 Å². The number of hydrogen-bond donors (Lipinski definition) is 0. The molecule has 0 saturated heterocycles. The van der Waals surface area contributed by atoms with E-state index >= 15 is 0 Å². The number of carbonyl (C=O) groups is 2. The molecule has 0 aliphatic carbocycles. The normalized spacial score (nSPS) is 10.9. The molecule has 29 heavy (non-hydrogen) atoms. The van der Waals surface area contributed by atoms with Crippen molar-refractivity contribution >= 4 is 12.0 Å². The number of hydrazine groups is 1. The molecule has 3 aromatic carbocycles. The molecule has 0 heterocycles. The van der Waals surface area contributed by atoms with Crippen molar-refractivity contribution in [2.24, 2.45) is 0 Å². The van der Waals surface area contributed by atoms with Crippen LogP contribution >= 0.6 is 0 Å². The molecule has 0 atom stereocenters. The number of nitrogens with zero attached hydrogens (tertiary/aromatic N) is 2. The van der Waals surface area contributed by atoms with Crippen molar-refractivity contribution in [3.8, 4) is 0 Å². The standard InChI is InChI=1S/C24H24N2O3/c1-19(27)25(2)26(3)23(28)29-24(20-13-7-4-8-14-20,21-15-9-5-10-16-21)22-17-11-6-12-18-22/h4-18H,1-3H3. The Hall–Kier alpha value is -3.60. The van der Waals surface area contributed by atoms with Gasteiger partial charge >= 0.3 is 6.09 Å². The van der Waals surface area contributed by atoms with Gasteiger partial charge in [0.1, 0.15) is 0 Å². The van der Waals surface area contributed by atoms with Crippen molar-refractivity contribution in [2.45, 2.75) is 12.5 Å². The largest absolute Gasteiger partial charge is 0.430 e. The fourth-order valence-electron chi connectivity index (χ4n) is 3.23. The minimum atomic E-state index is -1.17. The van der Waals surface area contributed by atoms with E-state index in [9.17, 15) is 9.59 Å². The van der Waals surface area contributed by atoms with Crippen LogP contribution in [0.2, 0.25) is 0 Å². The topological polar surface area (TPSA) is 49.9 Å². The summed E-state index contributed by atoms with van der Waals surface area (Å²) in [5.74, 6) is -0.269. The van der Waals surface area contributed by atoms with Crippen molar-refractivity contribution in [3.05, 3.63) is 108 Å². The second-order valence-electron chi connectivity index (χ2n) is 6.71. The highest BCUT2D eigenvalue weighted by Crippen LogP contribution is 2.40. The lowest BCUT2D eigenvalue weighted by Gasteiger charge is -2.37. The van der Waals surface area contributed by atoms with Gasteiger partial charge in [-0.25, -0.2) is 9.80 Å². The maximum Gasteiger partial charge on any atom is 0.430 e. The summed E-state index contributed by atoms with van der Waals surface area (Å²) in [4.78, 5) is 24.9. The minimum Gasteiger partial charge on any atom is -0.427 e. The zero-order chi connectivity index (χ0) is 20.9. The Kier molecular flexibility index (Phi) is 5.98. The molecule has 0 radical (unpaired) electrons.